The highest BCUT2D eigenvalue weighted by atomic mass is 16.2. The number of nitrogens with two attached hydrogens (primary N) is 1. The molecule has 5 nitrogen and oxygen atoms in total. The number of nitrogens with one attached hydrogen (secondary N) is 1. The second-order valence-corrected chi connectivity index (χ2v) is 4.13. The first kappa shape index (κ1) is 10.7. The van der Waals surface area contributed by atoms with Crippen molar-refractivity contribution in [1.29, 1.82) is 0 Å². The van der Waals surface area contributed by atoms with Crippen molar-refractivity contribution in [2.24, 2.45) is 0 Å². The lowest BCUT2D eigenvalue weighted by Crippen LogP contribution is -2.43. The quantitative estimate of drug-likeness (QED) is 0.769. The molecule has 1 atom stereocenters. The van der Waals surface area contributed by atoms with Crippen molar-refractivity contribution in [2.45, 2.75) is 18.9 Å². The number of hydrogen-bond acceptors (Lipinski definition) is 4. The first-order valence-electron chi connectivity index (χ1n) is 5.37. The predicted octanol–water partition coefficient (Wildman–Crippen LogP) is 0.696. The van der Waals surface area contributed by atoms with E-state index in [2.05, 4.69) is 10.3 Å². The topological polar surface area (TPSA) is 71.2 Å². The van der Waals surface area contributed by atoms with Gasteiger partial charge in [-0.15, -0.1) is 0 Å². The number of nitrogens with zero attached hydrogens (tertiary/aromatic N) is 2. The van der Waals surface area contributed by atoms with Gasteiger partial charge >= 0.3 is 0 Å². The molecule has 1 aliphatic rings. The van der Waals surface area contributed by atoms with Gasteiger partial charge in [-0.1, -0.05) is 0 Å². The summed E-state index contributed by atoms with van der Waals surface area (Å²) in [6.45, 7) is 0.727. The molecule has 2 heterocycles. The third-order valence-electron chi connectivity index (χ3n) is 2.77. The Labute approximate surface area is 94.6 Å². The first-order valence-corrected chi connectivity index (χ1v) is 5.37. The fourth-order valence-corrected chi connectivity index (χ4v) is 1.83. The molecule has 0 aromatic carbocycles. The molecular formula is C11H16N4O. The summed E-state index contributed by atoms with van der Waals surface area (Å²) < 4.78 is 0. The van der Waals surface area contributed by atoms with Gasteiger partial charge in [0.1, 0.15) is 5.82 Å². The average molecular weight is 220 g/mol. The Balaban J connectivity index is 1.95. The zero-order valence-corrected chi connectivity index (χ0v) is 9.31. The second kappa shape index (κ2) is 4.38. The van der Waals surface area contributed by atoms with Crippen LogP contribution in [0.1, 0.15) is 12.8 Å². The van der Waals surface area contributed by atoms with Gasteiger partial charge in [-0.25, -0.2) is 4.98 Å². The van der Waals surface area contributed by atoms with Crippen LogP contribution in [0.4, 0.5) is 11.5 Å². The van der Waals surface area contributed by atoms with Gasteiger partial charge in [0.2, 0.25) is 5.91 Å². The summed E-state index contributed by atoms with van der Waals surface area (Å²) in [6.07, 6.45) is 3.08. The summed E-state index contributed by atoms with van der Waals surface area (Å²) in [4.78, 5) is 17.2. The van der Waals surface area contributed by atoms with Crippen molar-refractivity contribution in [3.8, 4) is 0 Å². The number of nitrogen functional groups attached to an aromatic ring is 1. The van der Waals surface area contributed by atoms with E-state index in [-0.39, 0.29) is 11.9 Å². The van der Waals surface area contributed by atoms with Crippen molar-refractivity contribution in [2.75, 3.05) is 24.6 Å². The number of piperidine rings is 1. The molecule has 1 aromatic heterocycles. The second-order valence-electron chi connectivity index (χ2n) is 4.13. The highest BCUT2D eigenvalue weighted by Gasteiger charge is 2.22. The van der Waals surface area contributed by atoms with Gasteiger partial charge in [0, 0.05) is 26.1 Å². The maximum atomic E-state index is 11.3. The van der Waals surface area contributed by atoms with Crippen LogP contribution in [0.15, 0.2) is 18.3 Å². The largest absolute Gasteiger partial charge is 0.397 e. The van der Waals surface area contributed by atoms with Crippen LogP contribution in [0.3, 0.4) is 0 Å². The molecule has 1 saturated heterocycles. The molecule has 1 aliphatic heterocycles. The van der Waals surface area contributed by atoms with Crippen molar-refractivity contribution in [3.05, 3.63) is 18.3 Å². The van der Waals surface area contributed by atoms with Crippen molar-refractivity contribution < 1.29 is 4.79 Å². The SMILES string of the molecule is CN1CC(Nc2ccc(N)cn2)CCC1=O. The molecule has 0 bridgehead atoms. The van der Waals surface area contributed by atoms with E-state index in [9.17, 15) is 4.79 Å². The number of anilines is 2. The molecule has 0 aliphatic carbocycles. The molecule has 16 heavy (non-hydrogen) atoms. The van der Waals surface area contributed by atoms with Crippen LogP contribution in [0.2, 0.25) is 0 Å². The van der Waals surface area contributed by atoms with Crippen LogP contribution in [-0.2, 0) is 4.79 Å². The van der Waals surface area contributed by atoms with Gasteiger partial charge in [-0.3, -0.25) is 4.79 Å². The Morgan fingerprint density at radius 2 is 2.38 bits per heavy atom. The number of likely N-dealkylation sites (N-methyl/N-ethyl adjacent to an activating group) is 1. The molecule has 0 radical (unpaired) electrons. The molecule has 1 aromatic rings. The lowest BCUT2D eigenvalue weighted by molar-refractivity contribution is -0.132. The smallest absolute Gasteiger partial charge is 0.222 e. The van der Waals surface area contributed by atoms with E-state index in [1.54, 1.807) is 11.1 Å². The number of carbonyl (C=O) groups excluding carboxylic acids is 1. The van der Waals surface area contributed by atoms with Gasteiger partial charge < -0.3 is 16.0 Å². The van der Waals surface area contributed by atoms with Gasteiger partial charge in [-0.2, -0.15) is 0 Å². The third-order valence-corrected chi connectivity index (χ3v) is 2.77. The summed E-state index contributed by atoms with van der Waals surface area (Å²) >= 11 is 0. The lowest BCUT2D eigenvalue weighted by atomic mass is 10.1. The molecule has 1 fully saturated rings. The molecular weight excluding hydrogens is 204 g/mol. The summed E-state index contributed by atoms with van der Waals surface area (Å²) in [6, 6.07) is 3.94. The Morgan fingerprint density at radius 1 is 1.56 bits per heavy atom. The minimum atomic E-state index is 0.211. The summed E-state index contributed by atoms with van der Waals surface area (Å²) in [5.74, 6) is 1.02. The van der Waals surface area contributed by atoms with E-state index in [0.717, 1.165) is 18.8 Å². The van der Waals surface area contributed by atoms with Gasteiger partial charge in [0.25, 0.3) is 0 Å². The molecule has 1 amide bonds. The van der Waals surface area contributed by atoms with Crippen LogP contribution < -0.4 is 11.1 Å². The molecule has 2 rings (SSSR count). The van der Waals surface area contributed by atoms with Crippen LogP contribution in [0, 0.1) is 0 Å². The normalized spacial score (nSPS) is 20.9. The number of rotatable bonds is 2. The van der Waals surface area contributed by atoms with E-state index < -0.39 is 0 Å². The highest BCUT2D eigenvalue weighted by Crippen LogP contribution is 2.15. The number of pyridine rings is 1. The fraction of sp³-hybridized carbons (Fsp3) is 0.455. The van der Waals surface area contributed by atoms with Crippen LogP contribution in [0.5, 0.6) is 0 Å². The maximum absolute atomic E-state index is 11.3. The van der Waals surface area contributed by atoms with Gasteiger partial charge in [0.05, 0.1) is 11.9 Å². The van der Waals surface area contributed by atoms with Crippen molar-refractivity contribution in [1.82, 2.24) is 9.88 Å². The molecule has 0 spiro atoms. The standard InChI is InChI=1S/C11H16N4O/c1-15-7-9(3-5-11(15)16)14-10-4-2-8(12)6-13-10/h2,4,6,9H,3,5,7,12H2,1H3,(H,13,14). The minimum Gasteiger partial charge on any atom is -0.397 e. The Hall–Kier alpha value is -1.78. The van der Waals surface area contributed by atoms with Crippen LogP contribution >= 0.6 is 0 Å². The lowest BCUT2D eigenvalue weighted by Gasteiger charge is -2.30. The third kappa shape index (κ3) is 2.42. The molecule has 0 saturated carbocycles. The van der Waals surface area contributed by atoms with Gasteiger partial charge in [0.15, 0.2) is 0 Å². The van der Waals surface area contributed by atoms with E-state index >= 15 is 0 Å². The van der Waals surface area contributed by atoms with Crippen LogP contribution in [0.25, 0.3) is 0 Å². The maximum Gasteiger partial charge on any atom is 0.222 e. The van der Waals surface area contributed by atoms with Crippen molar-refractivity contribution >= 4 is 17.4 Å². The molecule has 86 valence electrons. The van der Waals surface area contributed by atoms with E-state index in [1.165, 1.54) is 0 Å². The average Bonchev–Trinajstić information content (AvgIpc) is 2.27. The van der Waals surface area contributed by atoms with Crippen molar-refractivity contribution in [3.63, 3.8) is 0 Å². The fourth-order valence-electron chi connectivity index (χ4n) is 1.83. The van der Waals surface area contributed by atoms with Gasteiger partial charge in [-0.05, 0) is 18.6 Å². The van der Waals surface area contributed by atoms with E-state index in [0.29, 0.717) is 12.1 Å². The Morgan fingerprint density at radius 3 is 3.00 bits per heavy atom. The number of carbonyl (C=O) groups is 1. The Kier molecular flexibility index (Phi) is 2.94. The van der Waals surface area contributed by atoms with E-state index in [1.807, 2.05) is 19.2 Å². The monoisotopic (exact) mass is 220 g/mol. The zero-order chi connectivity index (χ0) is 11.5. The van der Waals surface area contributed by atoms with E-state index in [4.69, 9.17) is 5.73 Å². The number of aromatic nitrogens is 1. The molecule has 1 unspecified atom stereocenters. The van der Waals surface area contributed by atoms with Crippen LogP contribution in [-0.4, -0.2) is 35.4 Å². The number of hydrogen-bond donors (Lipinski definition) is 2. The zero-order valence-electron chi connectivity index (χ0n) is 9.31. The Bertz CT molecular complexity index is 376. The number of amides is 1. The molecule has 5 heteroatoms. The summed E-state index contributed by atoms with van der Waals surface area (Å²) in [5, 5.41) is 3.30. The predicted molar refractivity (Wildman–Crippen MR) is 62.9 cm³/mol. The summed E-state index contributed by atoms with van der Waals surface area (Å²) in [5.41, 5.74) is 6.21. The summed E-state index contributed by atoms with van der Waals surface area (Å²) in [7, 11) is 1.83. The first-order chi connectivity index (χ1) is 7.65. The minimum absolute atomic E-state index is 0.211. The molecule has 3 N–H and O–H groups in total. The highest BCUT2D eigenvalue weighted by molar-refractivity contribution is 5.77. The number of likely N-dealkylation sites (tertiary alicyclic amines) is 1.